The van der Waals surface area contributed by atoms with E-state index in [9.17, 15) is 0 Å². The fourth-order valence-electron chi connectivity index (χ4n) is 2.10. The van der Waals surface area contributed by atoms with Gasteiger partial charge in [0, 0.05) is 24.5 Å². The topological polar surface area (TPSA) is 41.1 Å². The van der Waals surface area contributed by atoms with Gasteiger partial charge in [-0.1, -0.05) is 12.1 Å². The van der Waals surface area contributed by atoms with Gasteiger partial charge in [0.15, 0.2) is 0 Å². The Morgan fingerprint density at radius 3 is 2.70 bits per heavy atom. The van der Waals surface area contributed by atoms with Crippen molar-refractivity contribution in [3.63, 3.8) is 0 Å². The molecule has 0 unspecified atom stereocenters. The molecule has 1 aromatic heterocycles. The summed E-state index contributed by atoms with van der Waals surface area (Å²) in [5.41, 5.74) is 2.40. The highest BCUT2D eigenvalue weighted by Crippen LogP contribution is 2.24. The number of aryl methyl sites for hydroxylation is 1. The fourth-order valence-corrected chi connectivity index (χ4v) is 2.10. The van der Waals surface area contributed by atoms with Gasteiger partial charge in [-0.05, 0) is 51.5 Å². The predicted octanol–water partition coefficient (Wildman–Crippen LogP) is 3.76. The Labute approximate surface area is 120 Å². The smallest absolute Gasteiger partial charge is 0.224 e. The number of aromatic nitrogens is 2. The minimum Gasteiger partial charge on any atom is -0.352 e. The lowest BCUT2D eigenvalue weighted by molar-refractivity contribution is 0.869. The van der Waals surface area contributed by atoms with Crippen LogP contribution in [0.25, 0.3) is 0 Å². The molecule has 4 nitrogen and oxygen atoms in total. The summed E-state index contributed by atoms with van der Waals surface area (Å²) in [4.78, 5) is 11.0. The summed E-state index contributed by atoms with van der Waals surface area (Å²) in [6.07, 6.45) is 1.80. The molecule has 0 fully saturated rings. The van der Waals surface area contributed by atoms with Crippen molar-refractivity contribution in [3.8, 4) is 0 Å². The molecule has 2 rings (SSSR count). The molecule has 0 amide bonds. The largest absolute Gasteiger partial charge is 0.352 e. The zero-order chi connectivity index (χ0) is 14.5. The first kappa shape index (κ1) is 14.3. The van der Waals surface area contributed by atoms with E-state index in [1.165, 1.54) is 5.56 Å². The molecule has 1 N–H and O–H groups in total. The second kappa shape index (κ2) is 6.37. The molecule has 0 spiro atoms. The molecule has 0 bridgehead atoms. The molecule has 0 radical (unpaired) electrons. The van der Waals surface area contributed by atoms with Gasteiger partial charge in [-0.25, -0.2) is 4.98 Å². The lowest BCUT2D eigenvalue weighted by Gasteiger charge is -2.23. The van der Waals surface area contributed by atoms with Gasteiger partial charge in [-0.15, -0.1) is 0 Å². The van der Waals surface area contributed by atoms with Gasteiger partial charge in [-0.2, -0.15) is 4.98 Å². The molecule has 0 saturated heterocycles. The van der Waals surface area contributed by atoms with Crippen molar-refractivity contribution < 1.29 is 0 Å². The summed E-state index contributed by atoms with van der Waals surface area (Å²) in [6.45, 7) is 9.24. The van der Waals surface area contributed by atoms with Gasteiger partial charge in [0.1, 0.15) is 5.82 Å². The summed E-state index contributed by atoms with van der Waals surface area (Å²) in [5.74, 6) is 1.58. The highest BCUT2D eigenvalue weighted by molar-refractivity contribution is 5.61. The maximum atomic E-state index is 4.59. The van der Waals surface area contributed by atoms with Crippen molar-refractivity contribution in [1.29, 1.82) is 0 Å². The van der Waals surface area contributed by atoms with E-state index >= 15 is 0 Å². The molecule has 4 heteroatoms. The van der Waals surface area contributed by atoms with Crippen molar-refractivity contribution in [2.24, 2.45) is 0 Å². The Kier molecular flexibility index (Phi) is 4.56. The molecule has 0 aliphatic heterocycles. The summed E-state index contributed by atoms with van der Waals surface area (Å²) in [6, 6.07) is 10.7. The van der Waals surface area contributed by atoms with Crippen LogP contribution in [0.15, 0.2) is 36.5 Å². The lowest BCUT2D eigenvalue weighted by Crippen LogP contribution is -2.19. The fraction of sp³-hybridized carbons (Fsp3) is 0.375. The van der Waals surface area contributed by atoms with Crippen LogP contribution in [0.2, 0.25) is 0 Å². The highest BCUT2D eigenvalue weighted by atomic mass is 15.2. The van der Waals surface area contributed by atoms with Crippen LogP contribution in [-0.4, -0.2) is 22.6 Å². The second-order valence-electron chi connectivity index (χ2n) is 5.12. The average molecular weight is 270 g/mol. The summed E-state index contributed by atoms with van der Waals surface area (Å²) >= 11 is 0. The maximum Gasteiger partial charge on any atom is 0.224 e. The van der Waals surface area contributed by atoms with Crippen molar-refractivity contribution >= 4 is 17.5 Å². The van der Waals surface area contributed by atoms with E-state index in [1.54, 1.807) is 6.20 Å². The first-order valence-electron chi connectivity index (χ1n) is 7.04. The zero-order valence-electron chi connectivity index (χ0n) is 12.6. The number of nitrogens with one attached hydrogen (secondary N) is 1. The van der Waals surface area contributed by atoms with E-state index in [0.717, 1.165) is 18.1 Å². The first-order valence-corrected chi connectivity index (χ1v) is 7.04. The Hall–Kier alpha value is -2.10. The number of nitrogens with zero attached hydrogens (tertiary/aromatic N) is 3. The predicted molar refractivity (Wildman–Crippen MR) is 84.6 cm³/mol. The normalized spacial score (nSPS) is 10.7. The van der Waals surface area contributed by atoms with Gasteiger partial charge in [0.25, 0.3) is 0 Å². The monoisotopic (exact) mass is 270 g/mol. The van der Waals surface area contributed by atoms with Gasteiger partial charge in [-0.3, -0.25) is 0 Å². The Morgan fingerprint density at radius 2 is 2.05 bits per heavy atom. The third-order valence-corrected chi connectivity index (χ3v) is 2.96. The van der Waals surface area contributed by atoms with E-state index in [0.29, 0.717) is 12.0 Å². The van der Waals surface area contributed by atoms with Crippen LogP contribution in [0.4, 0.5) is 17.5 Å². The minimum absolute atomic E-state index is 0.319. The summed E-state index contributed by atoms with van der Waals surface area (Å²) in [7, 11) is 0. The molecule has 2 aromatic rings. The molecule has 20 heavy (non-hydrogen) atoms. The molecular formula is C16H22N4. The standard InChI is InChI=1S/C16H22N4/c1-5-20(14-8-6-7-13(4)11-14)15-9-10-17-16(19-15)18-12(2)3/h6-12H,5H2,1-4H3,(H,17,18,19). The molecule has 106 valence electrons. The minimum atomic E-state index is 0.319. The van der Waals surface area contributed by atoms with E-state index < -0.39 is 0 Å². The molecule has 1 aromatic carbocycles. The van der Waals surface area contributed by atoms with Crippen LogP contribution in [0.5, 0.6) is 0 Å². The van der Waals surface area contributed by atoms with Crippen LogP contribution < -0.4 is 10.2 Å². The number of anilines is 3. The van der Waals surface area contributed by atoms with E-state index in [-0.39, 0.29) is 0 Å². The van der Waals surface area contributed by atoms with Crippen LogP contribution in [0.3, 0.4) is 0 Å². The molecule has 0 saturated carbocycles. The second-order valence-corrected chi connectivity index (χ2v) is 5.12. The maximum absolute atomic E-state index is 4.59. The third kappa shape index (κ3) is 3.47. The molecule has 0 atom stereocenters. The Bertz CT molecular complexity index is 566. The lowest BCUT2D eigenvalue weighted by atomic mass is 10.2. The van der Waals surface area contributed by atoms with Crippen molar-refractivity contribution in [1.82, 2.24) is 9.97 Å². The first-order chi connectivity index (χ1) is 9.60. The SMILES string of the molecule is CCN(c1cccc(C)c1)c1ccnc(NC(C)C)n1. The van der Waals surface area contributed by atoms with Crippen LogP contribution >= 0.6 is 0 Å². The van der Waals surface area contributed by atoms with Gasteiger partial charge < -0.3 is 10.2 Å². The van der Waals surface area contributed by atoms with Crippen LogP contribution in [0.1, 0.15) is 26.3 Å². The van der Waals surface area contributed by atoms with Crippen molar-refractivity contribution in [3.05, 3.63) is 42.1 Å². The number of benzene rings is 1. The van der Waals surface area contributed by atoms with Crippen molar-refractivity contribution in [2.45, 2.75) is 33.7 Å². The van der Waals surface area contributed by atoms with Gasteiger partial charge in [0.05, 0.1) is 0 Å². The quantitative estimate of drug-likeness (QED) is 0.898. The van der Waals surface area contributed by atoms with Gasteiger partial charge >= 0.3 is 0 Å². The molecule has 0 aliphatic carbocycles. The summed E-state index contributed by atoms with van der Waals surface area (Å²) in [5, 5.41) is 3.24. The highest BCUT2D eigenvalue weighted by Gasteiger charge is 2.10. The number of hydrogen-bond acceptors (Lipinski definition) is 4. The van der Waals surface area contributed by atoms with Crippen molar-refractivity contribution in [2.75, 3.05) is 16.8 Å². The van der Waals surface area contributed by atoms with E-state index in [4.69, 9.17) is 0 Å². The average Bonchev–Trinajstić information content (AvgIpc) is 2.39. The van der Waals surface area contributed by atoms with Crippen LogP contribution in [0, 0.1) is 6.92 Å². The molecule has 1 heterocycles. The summed E-state index contributed by atoms with van der Waals surface area (Å²) < 4.78 is 0. The molecular weight excluding hydrogens is 248 g/mol. The third-order valence-electron chi connectivity index (χ3n) is 2.96. The number of rotatable bonds is 5. The van der Waals surface area contributed by atoms with E-state index in [1.807, 2.05) is 6.07 Å². The molecule has 0 aliphatic rings. The zero-order valence-corrected chi connectivity index (χ0v) is 12.6. The Morgan fingerprint density at radius 1 is 1.25 bits per heavy atom. The van der Waals surface area contributed by atoms with E-state index in [2.05, 4.69) is 72.1 Å². The Balaban J connectivity index is 2.32. The number of hydrogen-bond donors (Lipinski definition) is 1. The van der Waals surface area contributed by atoms with Gasteiger partial charge in [0.2, 0.25) is 5.95 Å². The van der Waals surface area contributed by atoms with Crippen LogP contribution in [-0.2, 0) is 0 Å².